The third kappa shape index (κ3) is 1.78. The van der Waals surface area contributed by atoms with E-state index in [0.29, 0.717) is 11.3 Å². The van der Waals surface area contributed by atoms with Gasteiger partial charge in [-0.2, -0.15) is 0 Å². The summed E-state index contributed by atoms with van der Waals surface area (Å²) in [5, 5.41) is 10.7. The lowest BCUT2D eigenvalue weighted by molar-refractivity contribution is -0.130. The SMILES string of the molecule is CN1C(=O)C(O)(C#Cc2ccccc2)c2ccccc21. The number of benzene rings is 2. The van der Waals surface area contributed by atoms with Gasteiger partial charge in [0.1, 0.15) is 0 Å². The fourth-order valence-electron chi connectivity index (χ4n) is 2.34. The van der Waals surface area contributed by atoms with Crippen LogP contribution in [0.1, 0.15) is 11.1 Å². The first-order valence-electron chi connectivity index (χ1n) is 6.31. The van der Waals surface area contributed by atoms with Gasteiger partial charge in [-0.25, -0.2) is 0 Å². The molecule has 0 aliphatic carbocycles. The molecule has 0 bridgehead atoms. The molecule has 2 aromatic rings. The zero-order valence-corrected chi connectivity index (χ0v) is 11.0. The molecular weight excluding hydrogens is 250 g/mol. The predicted molar refractivity (Wildman–Crippen MR) is 77.1 cm³/mol. The van der Waals surface area contributed by atoms with Gasteiger partial charge >= 0.3 is 0 Å². The highest BCUT2D eigenvalue weighted by Gasteiger charge is 2.47. The number of hydrogen-bond acceptors (Lipinski definition) is 2. The maximum Gasteiger partial charge on any atom is 0.276 e. The summed E-state index contributed by atoms with van der Waals surface area (Å²) in [7, 11) is 1.64. The molecule has 0 aromatic heterocycles. The highest BCUT2D eigenvalue weighted by Crippen LogP contribution is 2.38. The topological polar surface area (TPSA) is 40.5 Å². The van der Waals surface area contributed by atoms with E-state index >= 15 is 0 Å². The van der Waals surface area contributed by atoms with E-state index in [1.165, 1.54) is 4.90 Å². The van der Waals surface area contributed by atoms with Gasteiger partial charge in [0.05, 0.1) is 5.69 Å². The molecule has 1 heterocycles. The molecule has 3 nitrogen and oxygen atoms in total. The lowest BCUT2D eigenvalue weighted by Crippen LogP contribution is -2.37. The molecule has 0 saturated carbocycles. The van der Waals surface area contributed by atoms with Crippen molar-refractivity contribution >= 4 is 11.6 Å². The molecule has 0 radical (unpaired) electrons. The van der Waals surface area contributed by atoms with Gasteiger partial charge in [-0.3, -0.25) is 4.79 Å². The Kier molecular flexibility index (Phi) is 2.81. The summed E-state index contributed by atoms with van der Waals surface area (Å²) >= 11 is 0. The van der Waals surface area contributed by atoms with Gasteiger partial charge in [0.25, 0.3) is 5.91 Å². The molecular formula is C17H13NO2. The second-order valence-electron chi connectivity index (χ2n) is 4.71. The van der Waals surface area contributed by atoms with Gasteiger partial charge in [-0.05, 0) is 24.1 Å². The average Bonchev–Trinajstić information content (AvgIpc) is 2.69. The number of carbonyl (C=O) groups excluding carboxylic acids is 1. The van der Waals surface area contributed by atoms with Gasteiger partial charge in [-0.1, -0.05) is 42.3 Å². The van der Waals surface area contributed by atoms with Gasteiger partial charge in [0, 0.05) is 18.2 Å². The van der Waals surface area contributed by atoms with Crippen LogP contribution in [0.4, 0.5) is 5.69 Å². The van der Waals surface area contributed by atoms with Gasteiger partial charge in [-0.15, -0.1) is 0 Å². The van der Waals surface area contributed by atoms with E-state index in [4.69, 9.17) is 0 Å². The molecule has 20 heavy (non-hydrogen) atoms. The Hall–Kier alpha value is -2.57. The number of amides is 1. The first-order valence-corrected chi connectivity index (χ1v) is 6.31. The van der Waals surface area contributed by atoms with E-state index in [1.54, 1.807) is 25.2 Å². The average molecular weight is 263 g/mol. The number of fused-ring (bicyclic) bond motifs is 1. The Morgan fingerprint density at radius 1 is 1.05 bits per heavy atom. The molecule has 1 N–H and O–H groups in total. The van der Waals surface area contributed by atoms with E-state index in [9.17, 15) is 9.90 Å². The van der Waals surface area contributed by atoms with Crippen molar-refractivity contribution in [1.29, 1.82) is 0 Å². The van der Waals surface area contributed by atoms with Gasteiger partial charge in [0.15, 0.2) is 0 Å². The van der Waals surface area contributed by atoms with E-state index in [0.717, 1.165) is 5.56 Å². The Morgan fingerprint density at radius 2 is 1.70 bits per heavy atom. The van der Waals surface area contributed by atoms with E-state index < -0.39 is 11.5 Å². The molecule has 3 heteroatoms. The standard InChI is InChI=1S/C17H13NO2/c1-18-15-10-6-5-9-14(15)17(20,16(18)19)12-11-13-7-3-2-4-8-13/h2-10,20H,1H3. The Bertz CT molecular complexity index is 727. The molecule has 0 fully saturated rings. The van der Waals surface area contributed by atoms with E-state index in [2.05, 4.69) is 11.8 Å². The summed E-state index contributed by atoms with van der Waals surface area (Å²) in [6.07, 6.45) is 0. The van der Waals surface area contributed by atoms with Gasteiger partial charge in [0.2, 0.25) is 5.60 Å². The van der Waals surface area contributed by atoms with E-state index in [1.807, 2.05) is 36.4 Å². The summed E-state index contributed by atoms with van der Waals surface area (Å²) in [5.74, 6) is 5.18. The first kappa shape index (κ1) is 12.5. The van der Waals surface area contributed by atoms with Crippen LogP contribution in [0.3, 0.4) is 0 Å². The number of anilines is 1. The number of rotatable bonds is 0. The Balaban J connectivity index is 2.09. The molecule has 1 unspecified atom stereocenters. The van der Waals surface area contributed by atoms with Crippen LogP contribution in [0.5, 0.6) is 0 Å². The van der Waals surface area contributed by atoms with Crippen molar-refractivity contribution in [3.63, 3.8) is 0 Å². The fraction of sp³-hybridized carbons (Fsp3) is 0.118. The summed E-state index contributed by atoms with van der Waals surface area (Å²) in [6, 6.07) is 16.5. The number of aliphatic hydroxyl groups is 1. The van der Waals surface area contributed by atoms with Crippen LogP contribution in [-0.2, 0) is 10.4 Å². The molecule has 0 spiro atoms. The highest BCUT2D eigenvalue weighted by atomic mass is 16.3. The monoisotopic (exact) mass is 263 g/mol. The summed E-state index contributed by atoms with van der Waals surface area (Å²) in [4.78, 5) is 13.7. The van der Waals surface area contributed by atoms with Crippen molar-refractivity contribution in [2.75, 3.05) is 11.9 Å². The molecule has 2 aromatic carbocycles. The number of para-hydroxylation sites is 1. The largest absolute Gasteiger partial charge is 0.366 e. The molecule has 1 aliphatic rings. The highest BCUT2D eigenvalue weighted by molar-refractivity contribution is 6.08. The van der Waals surface area contributed by atoms with Crippen LogP contribution >= 0.6 is 0 Å². The number of likely N-dealkylation sites (N-methyl/N-ethyl adjacent to an activating group) is 1. The Labute approximate surface area is 117 Å². The fourth-order valence-corrected chi connectivity index (χ4v) is 2.34. The van der Waals surface area contributed by atoms with E-state index in [-0.39, 0.29) is 0 Å². The molecule has 1 atom stereocenters. The molecule has 0 saturated heterocycles. The second-order valence-corrected chi connectivity index (χ2v) is 4.71. The third-order valence-electron chi connectivity index (χ3n) is 3.43. The third-order valence-corrected chi connectivity index (χ3v) is 3.43. The minimum absolute atomic E-state index is 0.415. The zero-order chi connectivity index (χ0) is 14.2. The predicted octanol–water partition coefficient (Wildman–Crippen LogP) is 1.90. The lowest BCUT2D eigenvalue weighted by Gasteiger charge is -2.14. The summed E-state index contributed by atoms with van der Waals surface area (Å²) < 4.78 is 0. The number of nitrogens with zero attached hydrogens (tertiary/aromatic N) is 1. The number of carbonyl (C=O) groups is 1. The van der Waals surface area contributed by atoms with Crippen LogP contribution in [0.15, 0.2) is 54.6 Å². The van der Waals surface area contributed by atoms with Crippen LogP contribution < -0.4 is 4.90 Å². The second kappa shape index (κ2) is 4.52. The van der Waals surface area contributed by atoms with Crippen LogP contribution in [0.25, 0.3) is 0 Å². The lowest BCUT2D eigenvalue weighted by atomic mass is 9.96. The summed E-state index contributed by atoms with van der Waals surface area (Å²) in [6.45, 7) is 0. The molecule has 1 aliphatic heterocycles. The van der Waals surface area contributed by atoms with Gasteiger partial charge < -0.3 is 10.0 Å². The van der Waals surface area contributed by atoms with Crippen LogP contribution in [0.2, 0.25) is 0 Å². The van der Waals surface area contributed by atoms with Crippen LogP contribution in [-0.4, -0.2) is 18.1 Å². The van der Waals surface area contributed by atoms with Crippen molar-refractivity contribution in [2.24, 2.45) is 0 Å². The number of hydrogen-bond donors (Lipinski definition) is 1. The van der Waals surface area contributed by atoms with Crippen LogP contribution in [0, 0.1) is 11.8 Å². The normalized spacial score (nSPS) is 20.3. The quantitative estimate of drug-likeness (QED) is 0.737. The zero-order valence-electron chi connectivity index (χ0n) is 11.0. The first-order chi connectivity index (χ1) is 9.63. The molecule has 98 valence electrons. The molecule has 3 rings (SSSR count). The Morgan fingerprint density at radius 3 is 2.45 bits per heavy atom. The maximum absolute atomic E-state index is 12.3. The van der Waals surface area contributed by atoms with Crippen molar-refractivity contribution in [1.82, 2.24) is 0 Å². The maximum atomic E-state index is 12.3. The van der Waals surface area contributed by atoms with Crippen molar-refractivity contribution in [3.05, 3.63) is 65.7 Å². The van der Waals surface area contributed by atoms with Crippen molar-refractivity contribution in [2.45, 2.75) is 5.60 Å². The molecule has 1 amide bonds. The minimum Gasteiger partial charge on any atom is -0.366 e. The minimum atomic E-state index is -1.76. The summed E-state index contributed by atoms with van der Waals surface area (Å²) in [5.41, 5.74) is 0.236. The van der Waals surface area contributed by atoms with Crippen molar-refractivity contribution in [3.8, 4) is 11.8 Å². The van der Waals surface area contributed by atoms with Crippen molar-refractivity contribution < 1.29 is 9.90 Å². The smallest absolute Gasteiger partial charge is 0.276 e.